The van der Waals surface area contributed by atoms with Crippen molar-refractivity contribution in [1.29, 1.82) is 0 Å². The van der Waals surface area contributed by atoms with Crippen molar-refractivity contribution in [2.24, 2.45) is 0 Å². The Labute approximate surface area is 127 Å². The van der Waals surface area contributed by atoms with Gasteiger partial charge in [-0.3, -0.25) is 0 Å². The van der Waals surface area contributed by atoms with Crippen LogP contribution in [0.15, 0.2) is 12.4 Å². The zero-order chi connectivity index (χ0) is 14.8. The van der Waals surface area contributed by atoms with Crippen LogP contribution in [-0.2, 0) is 0 Å². The molecule has 2 nitrogen and oxygen atoms in total. The predicted molar refractivity (Wildman–Crippen MR) is 92.1 cm³/mol. The summed E-state index contributed by atoms with van der Waals surface area (Å²) >= 11 is 0. The normalized spacial score (nSPS) is 15.4. The molecule has 1 rings (SSSR count). The molecule has 116 valence electrons. The standard InChI is InChI=1S/C17H35BN2/c1-5-7-9-11-13-18(14-12-10-8-6-2)17-19(3)15-16-20(17)4/h15-17H,5-14H2,1-4H3. The molecule has 0 atom stereocenters. The van der Waals surface area contributed by atoms with Crippen molar-refractivity contribution in [2.45, 2.75) is 83.9 Å². The number of hydrogen-bond acceptors (Lipinski definition) is 2. The maximum Gasteiger partial charge on any atom is 0.193 e. The molecule has 0 fully saturated rings. The molecule has 0 radical (unpaired) electrons. The first-order valence-electron chi connectivity index (χ1n) is 8.82. The van der Waals surface area contributed by atoms with Gasteiger partial charge in [-0.25, -0.2) is 0 Å². The third kappa shape index (κ3) is 5.81. The van der Waals surface area contributed by atoms with Crippen LogP contribution in [0.5, 0.6) is 0 Å². The van der Waals surface area contributed by atoms with Gasteiger partial charge in [-0.2, -0.15) is 0 Å². The Morgan fingerprint density at radius 3 is 1.60 bits per heavy atom. The molecule has 0 unspecified atom stereocenters. The second kappa shape index (κ2) is 10.2. The van der Waals surface area contributed by atoms with E-state index in [-0.39, 0.29) is 0 Å². The monoisotopic (exact) mass is 278 g/mol. The average molecular weight is 278 g/mol. The second-order valence-electron chi connectivity index (χ2n) is 6.50. The van der Waals surface area contributed by atoms with E-state index in [1.807, 2.05) is 0 Å². The maximum absolute atomic E-state index is 2.41. The minimum Gasteiger partial charge on any atom is -0.366 e. The molecule has 1 aliphatic heterocycles. The zero-order valence-corrected chi connectivity index (χ0v) is 14.3. The first kappa shape index (κ1) is 17.5. The molecule has 0 spiro atoms. The summed E-state index contributed by atoms with van der Waals surface area (Å²) < 4.78 is 0. The zero-order valence-electron chi connectivity index (χ0n) is 14.3. The quantitative estimate of drug-likeness (QED) is 0.393. The molecule has 0 saturated carbocycles. The van der Waals surface area contributed by atoms with E-state index in [2.05, 4.69) is 50.1 Å². The number of hydrogen-bond donors (Lipinski definition) is 0. The van der Waals surface area contributed by atoms with Gasteiger partial charge in [-0.1, -0.05) is 77.9 Å². The Morgan fingerprint density at radius 1 is 0.750 bits per heavy atom. The van der Waals surface area contributed by atoms with Crippen LogP contribution in [0.4, 0.5) is 0 Å². The molecule has 0 amide bonds. The minimum atomic E-state index is 0.596. The Bertz CT molecular complexity index is 244. The molecule has 20 heavy (non-hydrogen) atoms. The lowest BCUT2D eigenvalue weighted by Crippen LogP contribution is -2.47. The lowest BCUT2D eigenvalue weighted by Gasteiger charge is -2.33. The van der Waals surface area contributed by atoms with Crippen LogP contribution in [0.3, 0.4) is 0 Å². The highest BCUT2D eigenvalue weighted by Gasteiger charge is 2.31. The molecule has 0 aromatic heterocycles. The van der Waals surface area contributed by atoms with Gasteiger partial charge in [0.25, 0.3) is 0 Å². The van der Waals surface area contributed by atoms with E-state index >= 15 is 0 Å². The van der Waals surface area contributed by atoms with Gasteiger partial charge in [0.15, 0.2) is 6.71 Å². The lowest BCUT2D eigenvalue weighted by molar-refractivity contribution is 0.281. The molecular weight excluding hydrogens is 243 g/mol. The molecule has 0 bridgehead atoms. The maximum atomic E-state index is 2.41. The summed E-state index contributed by atoms with van der Waals surface area (Å²) in [6.45, 7) is 5.42. The van der Waals surface area contributed by atoms with Crippen molar-refractivity contribution in [3.63, 3.8) is 0 Å². The van der Waals surface area contributed by atoms with E-state index in [0.717, 1.165) is 6.71 Å². The summed E-state index contributed by atoms with van der Waals surface area (Å²) in [4.78, 5) is 4.81. The van der Waals surface area contributed by atoms with Crippen LogP contribution in [0.2, 0.25) is 12.6 Å². The smallest absolute Gasteiger partial charge is 0.193 e. The van der Waals surface area contributed by atoms with Crippen LogP contribution >= 0.6 is 0 Å². The number of nitrogens with zero attached hydrogens (tertiary/aromatic N) is 2. The van der Waals surface area contributed by atoms with E-state index < -0.39 is 0 Å². The van der Waals surface area contributed by atoms with E-state index in [9.17, 15) is 0 Å². The van der Waals surface area contributed by atoms with Gasteiger partial charge in [0, 0.05) is 26.5 Å². The van der Waals surface area contributed by atoms with Crippen molar-refractivity contribution in [3.05, 3.63) is 12.4 Å². The van der Waals surface area contributed by atoms with Crippen molar-refractivity contribution >= 4 is 6.71 Å². The van der Waals surface area contributed by atoms with Gasteiger partial charge in [0.2, 0.25) is 0 Å². The van der Waals surface area contributed by atoms with Crippen molar-refractivity contribution in [2.75, 3.05) is 14.1 Å². The average Bonchev–Trinajstić information content (AvgIpc) is 2.77. The van der Waals surface area contributed by atoms with E-state index in [1.54, 1.807) is 0 Å². The van der Waals surface area contributed by atoms with Gasteiger partial charge in [0.05, 0.1) is 6.07 Å². The van der Waals surface area contributed by atoms with Gasteiger partial charge >= 0.3 is 0 Å². The molecule has 1 aliphatic rings. The third-order valence-corrected chi connectivity index (χ3v) is 4.65. The Balaban J connectivity index is 2.41. The molecular formula is C17H35BN2. The van der Waals surface area contributed by atoms with Crippen LogP contribution in [0, 0.1) is 0 Å². The number of rotatable bonds is 11. The fraction of sp³-hybridized carbons (Fsp3) is 0.882. The third-order valence-electron chi connectivity index (χ3n) is 4.65. The Hall–Kier alpha value is -0.595. The van der Waals surface area contributed by atoms with Crippen LogP contribution in [-0.4, -0.2) is 36.7 Å². The molecule has 0 aromatic carbocycles. The van der Waals surface area contributed by atoms with E-state index in [0.29, 0.717) is 6.07 Å². The Kier molecular flexibility index (Phi) is 8.88. The van der Waals surface area contributed by atoms with Gasteiger partial charge < -0.3 is 9.80 Å². The largest absolute Gasteiger partial charge is 0.366 e. The Morgan fingerprint density at radius 2 is 1.20 bits per heavy atom. The minimum absolute atomic E-state index is 0.596. The van der Waals surface area contributed by atoms with E-state index in [1.165, 1.54) is 64.0 Å². The summed E-state index contributed by atoms with van der Waals surface area (Å²) in [5.41, 5.74) is 0. The van der Waals surface area contributed by atoms with Crippen LogP contribution < -0.4 is 0 Å². The summed E-state index contributed by atoms with van der Waals surface area (Å²) in [5.74, 6) is 0. The first-order valence-corrected chi connectivity index (χ1v) is 8.82. The summed E-state index contributed by atoms with van der Waals surface area (Å²) in [6, 6.07) is 0.596. The summed E-state index contributed by atoms with van der Waals surface area (Å²) in [6.07, 6.45) is 18.4. The fourth-order valence-electron chi connectivity index (χ4n) is 3.45. The molecule has 1 heterocycles. The van der Waals surface area contributed by atoms with Crippen molar-refractivity contribution in [3.8, 4) is 0 Å². The highest BCUT2D eigenvalue weighted by molar-refractivity contribution is 6.60. The topological polar surface area (TPSA) is 6.48 Å². The summed E-state index contributed by atoms with van der Waals surface area (Å²) in [7, 11) is 4.46. The SMILES string of the molecule is CCCCCCB(CCCCCC)C1N(C)C=CN1C. The van der Waals surface area contributed by atoms with Gasteiger partial charge in [-0.15, -0.1) is 0 Å². The fourth-order valence-corrected chi connectivity index (χ4v) is 3.45. The van der Waals surface area contributed by atoms with Crippen molar-refractivity contribution in [1.82, 2.24) is 9.80 Å². The highest BCUT2D eigenvalue weighted by Crippen LogP contribution is 2.23. The second-order valence-corrected chi connectivity index (χ2v) is 6.50. The van der Waals surface area contributed by atoms with Gasteiger partial charge in [-0.05, 0) is 0 Å². The van der Waals surface area contributed by atoms with Crippen LogP contribution in [0.25, 0.3) is 0 Å². The molecule has 0 N–H and O–H groups in total. The molecule has 0 aromatic rings. The molecule has 0 aliphatic carbocycles. The van der Waals surface area contributed by atoms with Gasteiger partial charge in [0.1, 0.15) is 0 Å². The predicted octanol–water partition coefficient (Wildman–Crippen LogP) is 4.86. The molecule has 3 heteroatoms. The van der Waals surface area contributed by atoms with Crippen molar-refractivity contribution < 1.29 is 0 Å². The van der Waals surface area contributed by atoms with Crippen LogP contribution in [0.1, 0.15) is 65.2 Å². The number of unbranched alkanes of at least 4 members (excludes halogenated alkanes) is 6. The molecule has 0 saturated heterocycles. The van der Waals surface area contributed by atoms with E-state index in [4.69, 9.17) is 0 Å². The summed E-state index contributed by atoms with van der Waals surface area (Å²) in [5, 5.41) is 0. The highest BCUT2D eigenvalue weighted by atomic mass is 15.3. The lowest BCUT2D eigenvalue weighted by atomic mass is 9.40. The first-order chi connectivity index (χ1) is 9.70.